The summed E-state index contributed by atoms with van der Waals surface area (Å²) in [4.78, 5) is 12.2. The van der Waals surface area contributed by atoms with E-state index in [1.54, 1.807) is 4.68 Å². The van der Waals surface area contributed by atoms with E-state index in [-0.39, 0.29) is 12.5 Å². The minimum Gasteiger partial charge on any atom is -0.396 e. The second-order valence-electron chi connectivity index (χ2n) is 4.99. The summed E-state index contributed by atoms with van der Waals surface area (Å²) < 4.78 is 1.72. The largest absolute Gasteiger partial charge is 0.396 e. The molecule has 0 aliphatic heterocycles. The van der Waals surface area contributed by atoms with Gasteiger partial charge in [-0.2, -0.15) is 5.10 Å². The third-order valence-electron chi connectivity index (χ3n) is 3.64. The molecule has 1 heterocycles. The zero-order valence-electron chi connectivity index (χ0n) is 12.0. The minimum absolute atomic E-state index is 0.154. The fourth-order valence-electron chi connectivity index (χ4n) is 2.34. The van der Waals surface area contributed by atoms with Crippen molar-refractivity contribution in [1.82, 2.24) is 15.1 Å². The number of hydrogen-bond acceptors (Lipinski definition) is 3. The number of nitrogens with one attached hydrogen (secondary N) is 1. The van der Waals surface area contributed by atoms with E-state index in [2.05, 4.69) is 17.3 Å². The third-order valence-corrected chi connectivity index (χ3v) is 3.64. The summed E-state index contributed by atoms with van der Waals surface area (Å²) in [7, 11) is 1.83. The van der Waals surface area contributed by atoms with Crippen LogP contribution in [0.1, 0.15) is 30.3 Å². The Bertz CT molecular complexity index is 592. The molecule has 0 bridgehead atoms. The molecule has 1 aromatic carbocycles. The number of aliphatic hydroxyl groups is 1. The van der Waals surface area contributed by atoms with Gasteiger partial charge in [0.05, 0.1) is 5.52 Å². The van der Waals surface area contributed by atoms with Gasteiger partial charge in [-0.3, -0.25) is 9.48 Å². The van der Waals surface area contributed by atoms with Gasteiger partial charge in [0.2, 0.25) is 0 Å². The van der Waals surface area contributed by atoms with Gasteiger partial charge in [-0.05, 0) is 18.4 Å². The van der Waals surface area contributed by atoms with E-state index in [1.165, 1.54) is 0 Å². The molecule has 1 unspecified atom stereocenters. The lowest BCUT2D eigenvalue weighted by Crippen LogP contribution is -2.30. The van der Waals surface area contributed by atoms with E-state index in [9.17, 15) is 4.79 Å². The average Bonchev–Trinajstić information content (AvgIpc) is 2.81. The monoisotopic (exact) mass is 275 g/mol. The summed E-state index contributed by atoms with van der Waals surface area (Å²) in [5.41, 5.74) is 1.40. The molecular weight excluding hydrogens is 254 g/mol. The van der Waals surface area contributed by atoms with Crippen molar-refractivity contribution >= 4 is 16.8 Å². The van der Waals surface area contributed by atoms with Crippen molar-refractivity contribution in [2.75, 3.05) is 13.2 Å². The van der Waals surface area contributed by atoms with E-state index in [1.807, 2.05) is 31.3 Å². The summed E-state index contributed by atoms with van der Waals surface area (Å²) in [6.07, 6.45) is 1.64. The summed E-state index contributed by atoms with van der Waals surface area (Å²) in [6, 6.07) is 7.68. The molecular formula is C15H21N3O2. The molecule has 1 amide bonds. The molecule has 0 fully saturated rings. The van der Waals surface area contributed by atoms with Gasteiger partial charge in [0.25, 0.3) is 5.91 Å². The van der Waals surface area contributed by atoms with Crippen LogP contribution in [-0.4, -0.2) is 33.9 Å². The molecule has 0 spiro atoms. The maximum absolute atomic E-state index is 12.2. The van der Waals surface area contributed by atoms with Crippen molar-refractivity contribution in [3.8, 4) is 0 Å². The molecule has 5 heteroatoms. The summed E-state index contributed by atoms with van der Waals surface area (Å²) in [5, 5.41) is 17.0. The number of para-hydroxylation sites is 1. The van der Waals surface area contributed by atoms with Gasteiger partial charge in [0.15, 0.2) is 5.69 Å². The van der Waals surface area contributed by atoms with Crippen LogP contribution in [0.4, 0.5) is 0 Å². The number of aromatic nitrogens is 2. The highest BCUT2D eigenvalue weighted by atomic mass is 16.3. The Morgan fingerprint density at radius 3 is 2.90 bits per heavy atom. The lowest BCUT2D eigenvalue weighted by atomic mass is 10.0. The number of nitrogens with zero attached hydrogens (tertiary/aromatic N) is 2. The van der Waals surface area contributed by atoms with Crippen LogP contribution in [0.25, 0.3) is 10.9 Å². The molecule has 0 saturated carbocycles. The molecule has 1 atom stereocenters. The Morgan fingerprint density at radius 2 is 2.20 bits per heavy atom. The van der Waals surface area contributed by atoms with Crippen molar-refractivity contribution in [2.24, 2.45) is 13.0 Å². The first kappa shape index (κ1) is 14.5. The molecule has 0 aliphatic carbocycles. The van der Waals surface area contributed by atoms with Crippen LogP contribution in [0.5, 0.6) is 0 Å². The number of aliphatic hydroxyl groups excluding tert-OH is 1. The zero-order chi connectivity index (χ0) is 14.5. The Morgan fingerprint density at radius 1 is 1.45 bits per heavy atom. The lowest BCUT2D eigenvalue weighted by molar-refractivity contribution is 0.0939. The SMILES string of the molecule is CCC(CCO)CNC(=O)c1nn(C)c2ccccc12. The van der Waals surface area contributed by atoms with Crippen molar-refractivity contribution < 1.29 is 9.90 Å². The molecule has 0 radical (unpaired) electrons. The molecule has 2 aromatic rings. The first-order valence-corrected chi connectivity index (χ1v) is 6.98. The van der Waals surface area contributed by atoms with Crippen molar-refractivity contribution in [1.29, 1.82) is 0 Å². The Labute approximate surface area is 118 Å². The minimum atomic E-state index is -0.154. The molecule has 2 rings (SSSR count). The van der Waals surface area contributed by atoms with Crippen LogP contribution in [0.2, 0.25) is 0 Å². The average molecular weight is 275 g/mol. The molecule has 108 valence electrons. The van der Waals surface area contributed by atoms with E-state index < -0.39 is 0 Å². The highest BCUT2D eigenvalue weighted by molar-refractivity contribution is 6.04. The maximum Gasteiger partial charge on any atom is 0.272 e. The van der Waals surface area contributed by atoms with Gasteiger partial charge in [-0.25, -0.2) is 0 Å². The normalized spacial score (nSPS) is 12.6. The predicted octanol–water partition coefficient (Wildman–Crippen LogP) is 1.71. The number of amides is 1. The van der Waals surface area contributed by atoms with Gasteiger partial charge >= 0.3 is 0 Å². The molecule has 5 nitrogen and oxygen atoms in total. The number of carbonyl (C=O) groups excluding carboxylic acids is 1. The van der Waals surface area contributed by atoms with Crippen molar-refractivity contribution in [2.45, 2.75) is 19.8 Å². The highest BCUT2D eigenvalue weighted by Gasteiger charge is 2.16. The lowest BCUT2D eigenvalue weighted by Gasteiger charge is -2.13. The summed E-state index contributed by atoms with van der Waals surface area (Å²) in [6.45, 7) is 2.78. The topological polar surface area (TPSA) is 67.2 Å². The number of benzene rings is 1. The predicted molar refractivity (Wildman–Crippen MR) is 78.5 cm³/mol. The smallest absolute Gasteiger partial charge is 0.272 e. The van der Waals surface area contributed by atoms with Crippen LogP contribution in [0.3, 0.4) is 0 Å². The van der Waals surface area contributed by atoms with Crippen LogP contribution < -0.4 is 5.32 Å². The summed E-state index contributed by atoms with van der Waals surface area (Å²) >= 11 is 0. The number of fused-ring (bicyclic) bond motifs is 1. The van der Waals surface area contributed by atoms with Gasteiger partial charge < -0.3 is 10.4 Å². The third kappa shape index (κ3) is 2.99. The Hall–Kier alpha value is -1.88. The van der Waals surface area contributed by atoms with E-state index >= 15 is 0 Å². The second-order valence-corrected chi connectivity index (χ2v) is 4.99. The van der Waals surface area contributed by atoms with E-state index in [0.717, 1.165) is 17.3 Å². The second kappa shape index (κ2) is 6.52. The van der Waals surface area contributed by atoms with Gasteiger partial charge in [0, 0.05) is 25.6 Å². The molecule has 20 heavy (non-hydrogen) atoms. The molecule has 0 aliphatic rings. The molecule has 1 aromatic heterocycles. The first-order chi connectivity index (χ1) is 9.67. The molecule has 0 saturated heterocycles. The van der Waals surface area contributed by atoms with Crippen molar-refractivity contribution in [3.05, 3.63) is 30.0 Å². The number of rotatable bonds is 6. The fraction of sp³-hybridized carbons (Fsp3) is 0.467. The van der Waals surface area contributed by atoms with Gasteiger partial charge in [0.1, 0.15) is 0 Å². The van der Waals surface area contributed by atoms with Gasteiger partial charge in [-0.15, -0.1) is 0 Å². The quantitative estimate of drug-likeness (QED) is 0.843. The van der Waals surface area contributed by atoms with E-state index in [4.69, 9.17) is 5.11 Å². The highest BCUT2D eigenvalue weighted by Crippen LogP contribution is 2.17. The summed E-state index contributed by atoms with van der Waals surface area (Å²) in [5.74, 6) is 0.150. The van der Waals surface area contributed by atoms with Crippen LogP contribution in [0, 0.1) is 5.92 Å². The first-order valence-electron chi connectivity index (χ1n) is 6.98. The van der Waals surface area contributed by atoms with Gasteiger partial charge in [-0.1, -0.05) is 31.5 Å². The van der Waals surface area contributed by atoms with Crippen LogP contribution in [-0.2, 0) is 7.05 Å². The van der Waals surface area contributed by atoms with Crippen molar-refractivity contribution in [3.63, 3.8) is 0 Å². The number of hydrogen-bond donors (Lipinski definition) is 2. The fourth-order valence-corrected chi connectivity index (χ4v) is 2.34. The van der Waals surface area contributed by atoms with E-state index in [0.29, 0.717) is 24.6 Å². The number of aryl methyl sites for hydroxylation is 1. The Kier molecular flexibility index (Phi) is 4.74. The standard InChI is InChI=1S/C15H21N3O2/c1-3-11(8-9-19)10-16-15(20)14-12-6-4-5-7-13(12)18(2)17-14/h4-7,11,19H,3,8-10H2,1-2H3,(H,16,20). The van der Waals surface area contributed by atoms with Crippen LogP contribution in [0.15, 0.2) is 24.3 Å². The van der Waals surface area contributed by atoms with Crippen LogP contribution >= 0.6 is 0 Å². The Balaban J connectivity index is 2.12. The number of carbonyl (C=O) groups is 1. The zero-order valence-corrected chi connectivity index (χ0v) is 12.0. The molecule has 2 N–H and O–H groups in total. The maximum atomic E-state index is 12.2.